The molecule has 1 atom stereocenters. The maximum atomic E-state index is 12.2. The van der Waals surface area contributed by atoms with Gasteiger partial charge in [-0.15, -0.1) is 0 Å². The van der Waals surface area contributed by atoms with E-state index in [-0.39, 0.29) is 11.9 Å². The van der Waals surface area contributed by atoms with E-state index in [1.807, 2.05) is 16.8 Å². The summed E-state index contributed by atoms with van der Waals surface area (Å²) >= 11 is 0. The zero-order chi connectivity index (χ0) is 22.6. The molecule has 1 aliphatic rings. The number of fused-ring (bicyclic) bond motifs is 1. The molecule has 0 spiro atoms. The van der Waals surface area contributed by atoms with Gasteiger partial charge in [-0.1, -0.05) is 19.6 Å². The normalized spacial score (nSPS) is 17.9. The van der Waals surface area contributed by atoms with Crippen molar-refractivity contribution < 1.29 is 17.9 Å². The average molecular weight is 469 g/mol. The Bertz CT molecular complexity index is 1020. The van der Waals surface area contributed by atoms with Gasteiger partial charge in [0.2, 0.25) is 10.0 Å². The molecule has 172 valence electrons. The van der Waals surface area contributed by atoms with E-state index in [0.717, 1.165) is 19.1 Å². The van der Waals surface area contributed by atoms with Gasteiger partial charge in [-0.05, 0) is 24.4 Å². The maximum absolute atomic E-state index is 12.2. The summed E-state index contributed by atoms with van der Waals surface area (Å²) < 4.78 is 32.3. The van der Waals surface area contributed by atoms with Gasteiger partial charge in [0, 0.05) is 40.5 Å². The summed E-state index contributed by atoms with van der Waals surface area (Å²) in [5.74, 6) is 0.454. The third-order valence-corrected chi connectivity index (χ3v) is 8.17. The first-order chi connectivity index (χ1) is 14.5. The SMILES string of the molecule is C[Si](C)(C)CCOCn1ccc2nc(NC(=O)NCC3CCN(S(C)(=O)=O)C3)cnc21. The summed E-state index contributed by atoms with van der Waals surface area (Å²) in [6, 6.07) is 2.56. The topological polar surface area (TPSA) is 118 Å². The molecule has 10 nitrogen and oxygen atoms in total. The highest BCUT2D eigenvalue weighted by molar-refractivity contribution is 7.88. The van der Waals surface area contributed by atoms with Gasteiger partial charge < -0.3 is 14.6 Å². The summed E-state index contributed by atoms with van der Waals surface area (Å²) in [5, 5.41) is 5.47. The van der Waals surface area contributed by atoms with Crippen molar-refractivity contribution in [1.82, 2.24) is 24.2 Å². The third kappa shape index (κ3) is 6.99. The van der Waals surface area contributed by atoms with Gasteiger partial charge >= 0.3 is 6.03 Å². The van der Waals surface area contributed by atoms with Gasteiger partial charge in [-0.2, -0.15) is 0 Å². The van der Waals surface area contributed by atoms with Gasteiger partial charge in [0.15, 0.2) is 11.5 Å². The largest absolute Gasteiger partial charge is 0.361 e. The van der Waals surface area contributed by atoms with Gasteiger partial charge in [0.25, 0.3) is 0 Å². The minimum atomic E-state index is -3.18. The number of hydrogen-bond donors (Lipinski definition) is 2. The molecule has 1 aliphatic heterocycles. The highest BCUT2D eigenvalue weighted by atomic mass is 32.2. The van der Waals surface area contributed by atoms with E-state index in [9.17, 15) is 13.2 Å². The molecule has 0 saturated carbocycles. The van der Waals surface area contributed by atoms with Gasteiger partial charge in [0.05, 0.1) is 12.5 Å². The second kappa shape index (κ2) is 9.63. The van der Waals surface area contributed by atoms with Crippen LogP contribution in [-0.2, 0) is 21.5 Å². The fourth-order valence-corrected chi connectivity index (χ4v) is 5.00. The van der Waals surface area contributed by atoms with Crippen molar-refractivity contribution in [3.63, 3.8) is 0 Å². The molecule has 31 heavy (non-hydrogen) atoms. The smallest absolute Gasteiger partial charge is 0.320 e. The molecular formula is C19H32N6O4SSi. The Balaban J connectivity index is 1.48. The molecule has 2 aromatic heterocycles. The van der Waals surface area contributed by atoms with Gasteiger partial charge in [-0.25, -0.2) is 27.5 Å². The summed E-state index contributed by atoms with van der Waals surface area (Å²) in [4.78, 5) is 21.0. The van der Waals surface area contributed by atoms with Crippen LogP contribution in [0.3, 0.4) is 0 Å². The molecule has 3 rings (SSSR count). The Kier molecular flexibility index (Phi) is 7.34. The fraction of sp³-hybridized carbons (Fsp3) is 0.632. The number of ether oxygens (including phenoxy) is 1. The van der Waals surface area contributed by atoms with E-state index < -0.39 is 18.1 Å². The second-order valence-electron chi connectivity index (χ2n) is 9.21. The molecule has 0 bridgehead atoms. The van der Waals surface area contributed by atoms with Crippen LogP contribution < -0.4 is 10.6 Å². The summed E-state index contributed by atoms with van der Waals surface area (Å²) in [7, 11) is -4.30. The van der Waals surface area contributed by atoms with Crippen molar-refractivity contribution in [3.8, 4) is 0 Å². The summed E-state index contributed by atoms with van der Waals surface area (Å²) in [6.07, 6.45) is 5.32. The van der Waals surface area contributed by atoms with Gasteiger partial charge in [0.1, 0.15) is 12.2 Å². The van der Waals surface area contributed by atoms with Crippen LogP contribution in [0.25, 0.3) is 11.2 Å². The van der Waals surface area contributed by atoms with E-state index in [1.165, 1.54) is 16.8 Å². The number of aromatic nitrogens is 3. The van der Waals surface area contributed by atoms with Crippen molar-refractivity contribution in [3.05, 3.63) is 18.5 Å². The average Bonchev–Trinajstić information content (AvgIpc) is 3.29. The monoisotopic (exact) mass is 468 g/mol. The van der Waals surface area contributed by atoms with Crippen LogP contribution in [0.15, 0.2) is 18.5 Å². The van der Waals surface area contributed by atoms with Gasteiger partial charge in [-0.3, -0.25) is 5.32 Å². The van der Waals surface area contributed by atoms with Crippen LogP contribution in [0.4, 0.5) is 10.6 Å². The van der Waals surface area contributed by atoms with E-state index in [4.69, 9.17) is 4.74 Å². The standard InChI is InChI=1S/C19H32N6O4SSi/c1-30(27,28)25-8-5-15(13-25)11-21-19(26)23-17-12-20-18-16(22-17)6-7-24(18)14-29-9-10-31(2,3)4/h6-7,12,15H,5,8-11,13-14H2,1-4H3,(H2,21,22,23,26). The van der Waals surface area contributed by atoms with Crippen molar-refractivity contribution >= 4 is 41.1 Å². The molecule has 1 unspecified atom stereocenters. The molecule has 2 amide bonds. The van der Waals surface area contributed by atoms with Crippen LogP contribution in [-0.4, -0.2) is 73.9 Å². The molecular weight excluding hydrogens is 436 g/mol. The zero-order valence-electron chi connectivity index (χ0n) is 18.6. The molecule has 2 aromatic rings. The Morgan fingerprint density at radius 3 is 2.81 bits per heavy atom. The highest BCUT2D eigenvalue weighted by Gasteiger charge is 2.28. The second-order valence-corrected chi connectivity index (χ2v) is 16.8. The van der Waals surface area contributed by atoms with Crippen LogP contribution in [0.2, 0.25) is 25.7 Å². The molecule has 0 radical (unpaired) electrons. The highest BCUT2D eigenvalue weighted by Crippen LogP contribution is 2.18. The molecule has 1 fully saturated rings. The van der Waals surface area contributed by atoms with Crippen LogP contribution in [0.5, 0.6) is 0 Å². The summed E-state index contributed by atoms with van der Waals surface area (Å²) in [6.45, 7) is 9.42. The molecule has 1 saturated heterocycles. The number of carbonyl (C=O) groups excluding carboxylic acids is 1. The summed E-state index contributed by atoms with van der Waals surface area (Å²) in [5.41, 5.74) is 1.37. The minimum Gasteiger partial charge on any atom is -0.361 e. The van der Waals surface area contributed by atoms with Crippen molar-refractivity contribution in [2.24, 2.45) is 5.92 Å². The Labute approximate surface area is 184 Å². The van der Waals surface area contributed by atoms with E-state index in [2.05, 4.69) is 40.2 Å². The Hall–Kier alpha value is -2.02. The minimum absolute atomic E-state index is 0.101. The van der Waals surface area contributed by atoms with E-state index in [1.54, 1.807) is 0 Å². The fourth-order valence-electron chi connectivity index (χ4n) is 3.33. The zero-order valence-corrected chi connectivity index (χ0v) is 20.4. The number of amides is 2. The van der Waals surface area contributed by atoms with E-state index in [0.29, 0.717) is 43.3 Å². The molecule has 2 N–H and O–H groups in total. The predicted octanol–water partition coefficient (Wildman–Crippen LogP) is 2.15. The number of hydrogen-bond acceptors (Lipinski definition) is 6. The lowest BCUT2D eigenvalue weighted by molar-refractivity contribution is 0.0899. The lowest BCUT2D eigenvalue weighted by Gasteiger charge is -2.15. The number of sulfonamides is 1. The third-order valence-electron chi connectivity index (χ3n) is 5.20. The quantitative estimate of drug-likeness (QED) is 0.430. The Morgan fingerprint density at radius 1 is 1.35 bits per heavy atom. The van der Waals surface area contributed by atoms with Crippen molar-refractivity contribution in [2.75, 3.05) is 37.8 Å². The number of rotatable bonds is 9. The molecule has 12 heteroatoms. The van der Waals surface area contributed by atoms with Crippen molar-refractivity contribution in [2.45, 2.75) is 38.8 Å². The van der Waals surface area contributed by atoms with E-state index >= 15 is 0 Å². The molecule has 0 aliphatic carbocycles. The number of anilines is 1. The number of carbonyl (C=O) groups is 1. The maximum Gasteiger partial charge on any atom is 0.320 e. The first-order valence-electron chi connectivity index (χ1n) is 10.4. The molecule has 0 aromatic carbocycles. The number of nitrogens with zero attached hydrogens (tertiary/aromatic N) is 4. The van der Waals surface area contributed by atoms with Crippen molar-refractivity contribution in [1.29, 1.82) is 0 Å². The first kappa shape index (κ1) is 23.6. The van der Waals surface area contributed by atoms with Crippen LogP contribution in [0, 0.1) is 5.92 Å². The number of urea groups is 1. The predicted molar refractivity (Wildman–Crippen MR) is 123 cm³/mol. The first-order valence-corrected chi connectivity index (χ1v) is 16.0. The lowest BCUT2D eigenvalue weighted by Crippen LogP contribution is -2.35. The van der Waals surface area contributed by atoms with Crippen LogP contribution >= 0.6 is 0 Å². The van der Waals surface area contributed by atoms with Crippen LogP contribution in [0.1, 0.15) is 6.42 Å². The Morgan fingerprint density at radius 2 is 2.13 bits per heavy atom. The lowest BCUT2D eigenvalue weighted by atomic mass is 10.1. The number of nitrogens with one attached hydrogen (secondary N) is 2. The molecule has 3 heterocycles.